The Hall–Kier alpha value is -3.90. The van der Waals surface area contributed by atoms with E-state index in [1.165, 1.54) is 17.0 Å². The molecule has 0 saturated carbocycles. The number of alkyl carbamates (subject to hydrolysis) is 1. The van der Waals surface area contributed by atoms with Crippen molar-refractivity contribution in [3.8, 4) is 5.75 Å². The summed E-state index contributed by atoms with van der Waals surface area (Å²) in [5.74, 6) is -1.91. The van der Waals surface area contributed by atoms with Gasteiger partial charge in [0.2, 0.25) is 11.7 Å². The number of rotatable bonds is 9. The van der Waals surface area contributed by atoms with Crippen molar-refractivity contribution in [2.24, 2.45) is 0 Å². The molecule has 1 N–H and O–H groups in total. The number of carbonyl (C=O) groups is 4. The zero-order chi connectivity index (χ0) is 28.8. The summed E-state index contributed by atoms with van der Waals surface area (Å²) in [6.45, 7) is 9.75. The van der Waals surface area contributed by atoms with Crippen molar-refractivity contribution in [1.29, 1.82) is 0 Å². The van der Waals surface area contributed by atoms with E-state index in [1.807, 2.05) is 0 Å². The van der Waals surface area contributed by atoms with E-state index in [2.05, 4.69) is 10.1 Å². The van der Waals surface area contributed by atoms with Gasteiger partial charge in [-0.15, -0.1) is 0 Å². The minimum atomic E-state index is -1.15. The molecule has 13 nitrogen and oxygen atoms in total. The molecule has 1 aromatic carbocycles. The number of methoxy groups -OCH3 is 1. The van der Waals surface area contributed by atoms with Gasteiger partial charge in [-0.1, -0.05) is 0 Å². The van der Waals surface area contributed by atoms with Crippen LogP contribution in [-0.2, 0) is 35.0 Å². The lowest BCUT2D eigenvalue weighted by Gasteiger charge is -2.26. The maximum absolute atomic E-state index is 13.2. The van der Waals surface area contributed by atoms with E-state index in [0.717, 1.165) is 7.11 Å². The summed E-state index contributed by atoms with van der Waals surface area (Å²) in [5, 5.41) is 14.0. The fourth-order valence-corrected chi connectivity index (χ4v) is 3.67. The Morgan fingerprint density at radius 2 is 1.71 bits per heavy atom. The number of amides is 2. The number of nitrogens with one attached hydrogen (secondary N) is 1. The number of anilines is 1. The molecular weight excluding hydrogens is 502 g/mol. The number of hydrogen-bond acceptors (Lipinski definition) is 10. The van der Waals surface area contributed by atoms with E-state index in [9.17, 15) is 29.3 Å². The molecule has 0 radical (unpaired) electrons. The molecule has 0 unspecified atom stereocenters. The molecule has 13 heteroatoms. The van der Waals surface area contributed by atoms with Crippen LogP contribution < -0.4 is 15.0 Å². The van der Waals surface area contributed by atoms with Gasteiger partial charge in [-0.25, -0.2) is 14.4 Å². The van der Waals surface area contributed by atoms with Gasteiger partial charge in [0.05, 0.1) is 17.7 Å². The number of hydrogen-bond donors (Lipinski definition) is 1. The van der Waals surface area contributed by atoms with Crippen LogP contribution in [0.15, 0.2) is 12.1 Å². The number of nitrogens with zero attached hydrogens (tertiary/aromatic N) is 2. The first-order valence-electron chi connectivity index (χ1n) is 12.0. The number of ether oxygens (including phenoxy) is 4. The van der Waals surface area contributed by atoms with Crippen molar-refractivity contribution in [3.05, 3.63) is 27.8 Å². The van der Waals surface area contributed by atoms with Crippen LogP contribution in [0, 0.1) is 10.1 Å². The second kappa shape index (κ2) is 12.1. The maximum Gasteiger partial charge on any atom is 0.408 e. The highest BCUT2D eigenvalue weighted by Crippen LogP contribution is 2.41. The molecule has 0 fully saturated rings. The number of benzene rings is 1. The Balaban J connectivity index is 2.21. The summed E-state index contributed by atoms with van der Waals surface area (Å²) in [5.41, 5.74) is -1.15. The maximum atomic E-state index is 13.2. The predicted octanol–water partition coefficient (Wildman–Crippen LogP) is 3.05. The second-order valence-electron chi connectivity index (χ2n) is 10.6. The molecule has 1 aliphatic heterocycles. The van der Waals surface area contributed by atoms with E-state index >= 15 is 0 Å². The molecule has 0 aromatic heterocycles. The third-order valence-electron chi connectivity index (χ3n) is 5.18. The van der Waals surface area contributed by atoms with Gasteiger partial charge in [0, 0.05) is 24.6 Å². The van der Waals surface area contributed by atoms with Gasteiger partial charge in [0.1, 0.15) is 17.2 Å². The van der Waals surface area contributed by atoms with Gasteiger partial charge in [-0.05, 0) is 60.5 Å². The molecule has 1 aromatic rings. The van der Waals surface area contributed by atoms with Crippen LogP contribution in [0.1, 0.15) is 59.9 Å². The van der Waals surface area contributed by atoms with Gasteiger partial charge in [-0.3, -0.25) is 14.9 Å². The summed E-state index contributed by atoms with van der Waals surface area (Å²) < 4.78 is 20.6. The van der Waals surface area contributed by atoms with Crippen molar-refractivity contribution in [3.63, 3.8) is 0 Å². The molecule has 1 aliphatic rings. The molecule has 0 saturated heterocycles. The van der Waals surface area contributed by atoms with Gasteiger partial charge >= 0.3 is 23.7 Å². The van der Waals surface area contributed by atoms with E-state index in [4.69, 9.17) is 14.2 Å². The zero-order valence-corrected chi connectivity index (χ0v) is 22.7. The normalized spacial score (nSPS) is 13.7. The lowest BCUT2D eigenvalue weighted by atomic mass is 10.1. The van der Waals surface area contributed by atoms with Crippen LogP contribution in [0.4, 0.5) is 16.2 Å². The van der Waals surface area contributed by atoms with Gasteiger partial charge in [0.15, 0.2) is 6.61 Å². The Morgan fingerprint density at radius 3 is 2.26 bits per heavy atom. The fraction of sp³-hybridized carbons (Fsp3) is 0.600. The monoisotopic (exact) mass is 537 g/mol. The highest BCUT2D eigenvalue weighted by molar-refractivity contribution is 5.97. The lowest BCUT2D eigenvalue weighted by Crippen LogP contribution is -2.46. The quantitative estimate of drug-likeness (QED) is 0.214. The molecule has 2 rings (SSSR count). The molecule has 210 valence electrons. The Bertz CT molecular complexity index is 1090. The van der Waals surface area contributed by atoms with E-state index in [0.29, 0.717) is 11.3 Å². The standard InChI is InChI=1S/C25H35N3O10/c1-24(2,3)37-22(31)16(26-23(32)38-25(4,5)6)8-11-19(29)27-13-12-15-17(27)9-10-18(28(33)34)21(15)36-14-20(30)35-7/h9-10,16H,8,11-14H2,1-7H3,(H,26,32)/t16-/m0/s1. The minimum absolute atomic E-state index is 0.0719. The number of nitro benzene ring substituents is 1. The van der Waals surface area contributed by atoms with Crippen molar-refractivity contribution in [2.75, 3.05) is 25.2 Å². The third-order valence-corrected chi connectivity index (χ3v) is 5.18. The molecular formula is C25H35N3O10. The average Bonchev–Trinajstić information content (AvgIpc) is 3.21. The van der Waals surface area contributed by atoms with Gasteiger partial charge in [-0.2, -0.15) is 0 Å². The molecule has 1 atom stereocenters. The molecule has 0 spiro atoms. The first kappa shape index (κ1) is 30.3. The first-order valence-corrected chi connectivity index (χ1v) is 12.0. The van der Waals surface area contributed by atoms with Crippen LogP contribution in [0.2, 0.25) is 0 Å². The molecule has 0 aliphatic carbocycles. The summed E-state index contributed by atoms with van der Waals surface area (Å²) in [6.07, 6.45) is -0.788. The minimum Gasteiger partial charge on any atom is -0.475 e. The van der Waals surface area contributed by atoms with E-state index in [1.54, 1.807) is 41.5 Å². The summed E-state index contributed by atoms with van der Waals surface area (Å²) >= 11 is 0. The summed E-state index contributed by atoms with van der Waals surface area (Å²) in [7, 11) is 1.16. The topological polar surface area (TPSA) is 164 Å². The smallest absolute Gasteiger partial charge is 0.408 e. The average molecular weight is 538 g/mol. The Morgan fingerprint density at radius 1 is 1.08 bits per heavy atom. The largest absolute Gasteiger partial charge is 0.475 e. The summed E-state index contributed by atoms with van der Waals surface area (Å²) in [6, 6.07) is 1.49. The zero-order valence-electron chi connectivity index (χ0n) is 22.7. The second-order valence-corrected chi connectivity index (χ2v) is 10.6. The van der Waals surface area contributed by atoms with E-state index < -0.39 is 46.8 Å². The highest BCUT2D eigenvalue weighted by atomic mass is 16.6. The van der Waals surface area contributed by atoms with Crippen molar-refractivity contribution < 1.29 is 43.0 Å². The lowest BCUT2D eigenvalue weighted by molar-refractivity contribution is -0.385. The van der Waals surface area contributed by atoms with Crippen LogP contribution >= 0.6 is 0 Å². The predicted molar refractivity (Wildman–Crippen MR) is 135 cm³/mol. The molecule has 1 heterocycles. The molecule has 0 bridgehead atoms. The van der Waals surface area contributed by atoms with Crippen LogP contribution in [-0.4, -0.2) is 66.4 Å². The van der Waals surface area contributed by atoms with Crippen LogP contribution in [0.3, 0.4) is 0 Å². The Labute approximate surface area is 220 Å². The fourth-order valence-electron chi connectivity index (χ4n) is 3.67. The highest BCUT2D eigenvalue weighted by Gasteiger charge is 2.34. The van der Waals surface area contributed by atoms with Crippen LogP contribution in [0.25, 0.3) is 0 Å². The SMILES string of the molecule is COC(=O)COc1c([N+](=O)[O-])ccc2c1CCN2C(=O)CC[C@H](NC(=O)OC(C)(C)C)C(=O)OC(C)(C)C. The first-order chi connectivity index (χ1) is 17.5. The van der Waals surface area contributed by atoms with Gasteiger partial charge in [0.25, 0.3) is 0 Å². The van der Waals surface area contributed by atoms with Gasteiger partial charge < -0.3 is 29.2 Å². The Kier molecular flexibility index (Phi) is 9.65. The van der Waals surface area contributed by atoms with Crippen molar-refractivity contribution in [2.45, 2.75) is 78.0 Å². The van der Waals surface area contributed by atoms with Crippen molar-refractivity contribution >= 4 is 35.3 Å². The third kappa shape index (κ3) is 8.60. The number of carbonyl (C=O) groups excluding carboxylic acids is 4. The van der Waals surface area contributed by atoms with Crippen LogP contribution in [0.5, 0.6) is 5.75 Å². The number of esters is 2. The number of nitro groups is 1. The molecule has 38 heavy (non-hydrogen) atoms. The molecule has 2 amide bonds. The van der Waals surface area contributed by atoms with Crippen molar-refractivity contribution in [1.82, 2.24) is 5.32 Å². The summed E-state index contributed by atoms with van der Waals surface area (Å²) in [4.78, 5) is 62.1. The van der Waals surface area contributed by atoms with E-state index in [-0.39, 0.29) is 43.2 Å². The number of fused-ring (bicyclic) bond motifs is 1.